The van der Waals surface area contributed by atoms with E-state index in [-0.39, 0.29) is 5.56 Å². The normalized spacial score (nSPS) is 9.64. The fourth-order valence-corrected chi connectivity index (χ4v) is 2.10. The highest BCUT2D eigenvalue weighted by molar-refractivity contribution is 7.17. The number of benzene rings is 1. The summed E-state index contributed by atoms with van der Waals surface area (Å²) in [5.41, 5.74) is 0.467. The first-order valence-electron chi connectivity index (χ1n) is 3.78. The molecule has 0 saturated heterocycles. The van der Waals surface area contributed by atoms with Crippen molar-refractivity contribution in [3.8, 4) is 12.1 Å². The first-order valence-corrected chi connectivity index (χ1v) is 4.60. The van der Waals surface area contributed by atoms with Crippen molar-refractivity contribution in [3.05, 3.63) is 34.5 Å². The van der Waals surface area contributed by atoms with Crippen LogP contribution in [0.25, 0.3) is 10.1 Å². The molecule has 2 rings (SSSR count). The van der Waals surface area contributed by atoms with Crippen LogP contribution in [0.1, 0.15) is 11.1 Å². The van der Waals surface area contributed by atoms with E-state index in [0.717, 1.165) is 11.3 Å². The molecule has 1 aromatic heterocycles. The standard InChI is InChI=1S/C10H3FN2S/c11-10-8(5-13)7-3-6(4-12)1-2-9(7)14-10/h1-3H. The zero-order valence-electron chi connectivity index (χ0n) is 6.91. The van der Waals surface area contributed by atoms with E-state index in [1.165, 1.54) is 6.07 Å². The van der Waals surface area contributed by atoms with E-state index in [0.29, 0.717) is 15.6 Å². The molecule has 1 aromatic carbocycles. The molecular formula is C10H3FN2S. The van der Waals surface area contributed by atoms with Gasteiger partial charge < -0.3 is 0 Å². The minimum Gasteiger partial charge on any atom is -0.194 e. The lowest BCUT2D eigenvalue weighted by molar-refractivity contribution is 0.655. The van der Waals surface area contributed by atoms with Crippen molar-refractivity contribution in [1.29, 1.82) is 10.5 Å². The minimum atomic E-state index is -0.488. The Balaban J connectivity index is 2.87. The molecule has 1 heterocycles. The van der Waals surface area contributed by atoms with Crippen LogP contribution in [0.2, 0.25) is 0 Å². The Morgan fingerprint density at radius 2 is 2.00 bits per heavy atom. The summed E-state index contributed by atoms with van der Waals surface area (Å²) in [5, 5.41) is 17.4. The quantitative estimate of drug-likeness (QED) is 0.659. The van der Waals surface area contributed by atoms with Crippen molar-refractivity contribution in [2.45, 2.75) is 0 Å². The molecule has 0 fully saturated rings. The van der Waals surface area contributed by atoms with Gasteiger partial charge in [0.1, 0.15) is 11.6 Å². The van der Waals surface area contributed by atoms with Gasteiger partial charge in [-0.1, -0.05) is 0 Å². The number of thiophene rings is 1. The Labute approximate surface area is 83.4 Å². The molecule has 0 atom stereocenters. The molecule has 66 valence electrons. The number of rotatable bonds is 0. The second-order valence-electron chi connectivity index (χ2n) is 2.69. The van der Waals surface area contributed by atoms with Crippen LogP contribution < -0.4 is 0 Å². The molecule has 0 saturated carbocycles. The topological polar surface area (TPSA) is 47.6 Å². The summed E-state index contributed by atoms with van der Waals surface area (Å²) in [6.07, 6.45) is 0. The van der Waals surface area contributed by atoms with E-state index in [4.69, 9.17) is 10.5 Å². The van der Waals surface area contributed by atoms with Crippen molar-refractivity contribution in [2.75, 3.05) is 0 Å². The number of hydrogen-bond acceptors (Lipinski definition) is 3. The Kier molecular flexibility index (Phi) is 1.92. The summed E-state index contributed by atoms with van der Waals surface area (Å²) in [5.74, 6) is 0. The molecule has 0 N–H and O–H groups in total. The molecule has 2 aromatic rings. The van der Waals surface area contributed by atoms with Crippen molar-refractivity contribution in [3.63, 3.8) is 0 Å². The largest absolute Gasteiger partial charge is 0.195 e. The summed E-state index contributed by atoms with van der Waals surface area (Å²) in [7, 11) is 0. The summed E-state index contributed by atoms with van der Waals surface area (Å²) in [6, 6.07) is 8.55. The van der Waals surface area contributed by atoms with Gasteiger partial charge >= 0.3 is 0 Å². The maximum Gasteiger partial charge on any atom is 0.195 e. The molecule has 4 heteroatoms. The molecule has 0 aliphatic carbocycles. The van der Waals surface area contributed by atoms with Gasteiger partial charge in [0.2, 0.25) is 0 Å². The zero-order valence-corrected chi connectivity index (χ0v) is 7.73. The molecule has 0 aliphatic rings. The van der Waals surface area contributed by atoms with Crippen molar-refractivity contribution < 1.29 is 4.39 Å². The minimum absolute atomic E-state index is 0.0297. The molecule has 0 aliphatic heterocycles. The van der Waals surface area contributed by atoms with Crippen LogP contribution in [-0.4, -0.2) is 0 Å². The van der Waals surface area contributed by atoms with Crippen LogP contribution in [0.4, 0.5) is 4.39 Å². The first kappa shape index (κ1) is 8.68. The molecule has 0 bridgehead atoms. The first-order chi connectivity index (χ1) is 6.76. The van der Waals surface area contributed by atoms with Crippen molar-refractivity contribution in [1.82, 2.24) is 0 Å². The highest BCUT2D eigenvalue weighted by Gasteiger charge is 2.11. The SMILES string of the molecule is N#Cc1ccc2sc(F)c(C#N)c2c1. The van der Waals surface area contributed by atoms with Gasteiger partial charge in [0.25, 0.3) is 0 Å². The van der Waals surface area contributed by atoms with E-state index >= 15 is 0 Å². The summed E-state index contributed by atoms with van der Waals surface area (Å²) < 4.78 is 13.8. The maximum atomic E-state index is 13.2. The third kappa shape index (κ3) is 1.14. The van der Waals surface area contributed by atoms with Gasteiger partial charge in [0.15, 0.2) is 5.13 Å². The molecule has 0 amide bonds. The van der Waals surface area contributed by atoms with Gasteiger partial charge in [-0.25, -0.2) is 0 Å². The lowest BCUT2D eigenvalue weighted by Gasteiger charge is -1.89. The fraction of sp³-hybridized carbons (Fsp3) is 0. The van der Waals surface area contributed by atoms with Crippen molar-refractivity contribution in [2.24, 2.45) is 0 Å². The van der Waals surface area contributed by atoms with Crippen LogP contribution in [0.5, 0.6) is 0 Å². The van der Waals surface area contributed by atoms with Gasteiger partial charge in [0.05, 0.1) is 11.6 Å². The van der Waals surface area contributed by atoms with E-state index < -0.39 is 5.13 Å². The predicted molar refractivity (Wildman–Crippen MR) is 51.2 cm³/mol. The average molecular weight is 202 g/mol. The second-order valence-corrected chi connectivity index (χ2v) is 3.69. The summed E-state index contributed by atoms with van der Waals surface area (Å²) in [4.78, 5) is 0. The lowest BCUT2D eigenvalue weighted by Crippen LogP contribution is -1.76. The monoisotopic (exact) mass is 202 g/mol. The van der Waals surface area contributed by atoms with E-state index in [9.17, 15) is 4.39 Å². The highest BCUT2D eigenvalue weighted by atomic mass is 32.1. The number of halogens is 1. The van der Waals surface area contributed by atoms with Crippen LogP contribution in [0, 0.1) is 27.8 Å². The molecular weight excluding hydrogens is 199 g/mol. The van der Waals surface area contributed by atoms with Gasteiger partial charge in [-0.05, 0) is 18.2 Å². The highest BCUT2D eigenvalue weighted by Crippen LogP contribution is 2.29. The number of nitrogens with zero attached hydrogens (tertiary/aromatic N) is 2. The summed E-state index contributed by atoms with van der Waals surface area (Å²) in [6.45, 7) is 0. The van der Waals surface area contributed by atoms with Crippen molar-refractivity contribution >= 4 is 21.4 Å². The third-order valence-electron chi connectivity index (χ3n) is 1.89. The molecule has 0 radical (unpaired) electrons. The van der Waals surface area contributed by atoms with Gasteiger partial charge in [-0.3, -0.25) is 0 Å². The molecule has 14 heavy (non-hydrogen) atoms. The zero-order chi connectivity index (χ0) is 10.1. The van der Waals surface area contributed by atoms with E-state index in [2.05, 4.69) is 0 Å². The second kappa shape index (κ2) is 3.10. The Morgan fingerprint density at radius 1 is 1.21 bits per heavy atom. The van der Waals surface area contributed by atoms with Gasteiger partial charge in [-0.15, -0.1) is 11.3 Å². The Bertz CT molecular complexity index is 586. The van der Waals surface area contributed by atoms with Crippen LogP contribution in [0.15, 0.2) is 18.2 Å². The molecule has 2 nitrogen and oxygen atoms in total. The van der Waals surface area contributed by atoms with Crippen LogP contribution in [0.3, 0.4) is 0 Å². The summed E-state index contributed by atoms with van der Waals surface area (Å²) >= 11 is 0.924. The van der Waals surface area contributed by atoms with Gasteiger partial charge in [0, 0.05) is 10.1 Å². The Hall–Kier alpha value is -1.91. The van der Waals surface area contributed by atoms with E-state index in [1.54, 1.807) is 18.2 Å². The van der Waals surface area contributed by atoms with Gasteiger partial charge in [-0.2, -0.15) is 14.9 Å². The maximum absolute atomic E-state index is 13.2. The smallest absolute Gasteiger partial charge is 0.194 e. The predicted octanol–water partition coefficient (Wildman–Crippen LogP) is 2.78. The molecule has 0 unspecified atom stereocenters. The third-order valence-corrected chi connectivity index (χ3v) is 2.85. The number of fused-ring (bicyclic) bond motifs is 1. The number of hydrogen-bond donors (Lipinski definition) is 0. The Morgan fingerprint density at radius 3 is 2.64 bits per heavy atom. The van der Waals surface area contributed by atoms with E-state index in [1.807, 2.05) is 6.07 Å². The van der Waals surface area contributed by atoms with Crippen LogP contribution >= 0.6 is 11.3 Å². The van der Waals surface area contributed by atoms with Crippen LogP contribution in [-0.2, 0) is 0 Å². The average Bonchev–Trinajstić information content (AvgIpc) is 2.52. The fourth-order valence-electron chi connectivity index (χ4n) is 1.24. The number of nitriles is 2. The molecule has 0 spiro atoms. The lowest BCUT2D eigenvalue weighted by atomic mass is 10.1.